The number of aromatic nitrogens is 3. The highest BCUT2D eigenvalue weighted by molar-refractivity contribution is 6.06. The molecule has 5 nitrogen and oxygen atoms in total. The summed E-state index contributed by atoms with van der Waals surface area (Å²) in [5, 5.41) is 7.84. The van der Waals surface area contributed by atoms with Crippen LogP contribution in [0.3, 0.4) is 0 Å². The zero-order valence-corrected chi connectivity index (χ0v) is 15.2. The summed E-state index contributed by atoms with van der Waals surface area (Å²) in [7, 11) is 1.77. The van der Waals surface area contributed by atoms with E-state index in [9.17, 15) is 18.0 Å². The zero-order chi connectivity index (χ0) is 19.8. The minimum absolute atomic E-state index is 0.256. The summed E-state index contributed by atoms with van der Waals surface area (Å²) < 4.78 is 39.4. The Morgan fingerprint density at radius 1 is 1.19 bits per heavy atom. The number of hydrogen-bond acceptors (Lipinski definition) is 3. The second-order valence-electron chi connectivity index (χ2n) is 6.42. The first-order valence-electron chi connectivity index (χ1n) is 8.42. The van der Waals surface area contributed by atoms with Gasteiger partial charge in [-0.15, -0.1) is 0 Å². The largest absolute Gasteiger partial charge is 0.416 e. The van der Waals surface area contributed by atoms with Crippen LogP contribution in [0.25, 0.3) is 11.0 Å². The first kappa shape index (κ1) is 18.9. The minimum atomic E-state index is -4.35. The molecule has 8 heteroatoms. The molecule has 3 aromatic rings. The van der Waals surface area contributed by atoms with Crippen molar-refractivity contribution in [3.8, 4) is 0 Å². The average molecular weight is 376 g/mol. The third-order valence-corrected chi connectivity index (χ3v) is 4.32. The van der Waals surface area contributed by atoms with Crippen molar-refractivity contribution in [1.82, 2.24) is 20.1 Å². The van der Waals surface area contributed by atoms with Crippen LogP contribution in [0.2, 0.25) is 0 Å². The van der Waals surface area contributed by atoms with E-state index in [-0.39, 0.29) is 5.91 Å². The van der Waals surface area contributed by atoms with Crippen LogP contribution in [0.1, 0.15) is 32.9 Å². The molecule has 2 aromatic heterocycles. The molecule has 1 amide bonds. The Balaban J connectivity index is 1.71. The monoisotopic (exact) mass is 376 g/mol. The highest BCUT2D eigenvalue weighted by Crippen LogP contribution is 2.29. The van der Waals surface area contributed by atoms with Gasteiger partial charge in [-0.1, -0.05) is 12.1 Å². The minimum Gasteiger partial charge on any atom is -0.352 e. The molecule has 0 spiro atoms. The molecule has 0 atom stereocenters. The number of nitrogens with zero attached hydrogens (tertiary/aromatic N) is 3. The van der Waals surface area contributed by atoms with Crippen molar-refractivity contribution < 1.29 is 18.0 Å². The highest BCUT2D eigenvalue weighted by atomic mass is 19.4. The van der Waals surface area contributed by atoms with Crippen LogP contribution in [0.5, 0.6) is 0 Å². The number of hydrogen-bond donors (Lipinski definition) is 1. The molecule has 27 heavy (non-hydrogen) atoms. The fourth-order valence-corrected chi connectivity index (χ4v) is 3.03. The first-order chi connectivity index (χ1) is 12.7. The van der Waals surface area contributed by atoms with Gasteiger partial charge in [0.1, 0.15) is 0 Å². The molecule has 0 bridgehead atoms. The van der Waals surface area contributed by atoms with Gasteiger partial charge in [0.2, 0.25) is 0 Å². The molecular weight excluding hydrogens is 357 g/mol. The van der Waals surface area contributed by atoms with E-state index in [2.05, 4.69) is 15.4 Å². The number of carbonyl (C=O) groups is 1. The number of aryl methyl sites for hydroxylation is 3. The molecule has 0 fully saturated rings. The lowest BCUT2D eigenvalue weighted by Crippen LogP contribution is -2.26. The Hall–Kier alpha value is -2.90. The Morgan fingerprint density at radius 3 is 2.48 bits per heavy atom. The van der Waals surface area contributed by atoms with Gasteiger partial charge in [0.15, 0.2) is 5.65 Å². The molecule has 142 valence electrons. The van der Waals surface area contributed by atoms with Gasteiger partial charge in [-0.2, -0.15) is 18.3 Å². The molecule has 0 saturated carbocycles. The maximum absolute atomic E-state index is 12.6. The number of alkyl halides is 3. The van der Waals surface area contributed by atoms with Crippen LogP contribution >= 0.6 is 0 Å². The van der Waals surface area contributed by atoms with E-state index in [0.717, 1.165) is 17.7 Å². The maximum atomic E-state index is 12.6. The lowest BCUT2D eigenvalue weighted by molar-refractivity contribution is -0.137. The lowest BCUT2D eigenvalue weighted by atomic mass is 10.1. The lowest BCUT2D eigenvalue weighted by Gasteiger charge is -2.09. The van der Waals surface area contributed by atoms with Gasteiger partial charge in [0.05, 0.1) is 22.2 Å². The van der Waals surface area contributed by atoms with Gasteiger partial charge >= 0.3 is 6.18 Å². The normalized spacial score (nSPS) is 11.8. The van der Waals surface area contributed by atoms with E-state index in [4.69, 9.17) is 0 Å². The third-order valence-electron chi connectivity index (χ3n) is 4.32. The van der Waals surface area contributed by atoms with Gasteiger partial charge in [0.25, 0.3) is 5.91 Å². The quantitative estimate of drug-likeness (QED) is 0.757. The van der Waals surface area contributed by atoms with E-state index in [1.807, 2.05) is 6.92 Å². The van der Waals surface area contributed by atoms with Crippen molar-refractivity contribution >= 4 is 16.9 Å². The summed E-state index contributed by atoms with van der Waals surface area (Å²) in [6.45, 7) is 3.94. The molecule has 0 radical (unpaired) electrons. The Morgan fingerprint density at radius 2 is 1.85 bits per heavy atom. The van der Waals surface area contributed by atoms with E-state index >= 15 is 0 Å². The maximum Gasteiger partial charge on any atom is 0.416 e. The van der Waals surface area contributed by atoms with Gasteiger partial charge < -0.3 is 5.32 Å². The van der Waals surface area contributed by atoms with Crippen molar-refractivity contribution in [3.63, 3.8) is 0 Å². The second-order valence-corrected chi connectivity index (χ2v) is 6.42. The molecule has 0 saturated heterocycles. The number of fused-ring (bicyclic) bond motifs is 1. The van der Waals surface area contributed by atoms with E-state index in [1.165, 1.54) is 12.1 Å². The molecule has 1 N–H and O–H groups in total. The smallest absolute Gasteiger partial charge is 0.352 e. The standard InChI is InChI=1S/C19H19F3N4O/c1-11-10-15(16-12(2)25-26(3)17(16)24-11)18(27)23-9-8-13-4-6-14(7-5-13)19(20,21)22/h4-7,10H,8-9H2,1-3H3,(H,23,27). The number of halogens is 3. The molecular formula is C19H19F3N4O. The van der Waals surface area contributed by atoms with Crippen molar-refractivity contribution in [2.75, 3.05) is 6.54 Å². The molecule has 3 rings (SSSR count). The molecule has 0 unspecified atom stereocenters. The second kappa shape index (κ2) is 7.02. The SMILES string of the molecule is Cc1cc(C(=O)NCCc2ccc(C(F)(F)F)cc2)c2c(C)nn(C)c2n1. The summed E-state index contributed by atoms with van der Waals surface area (Å²) in [5.41, 5.74) is 2.59. The van der Waals surface area contributed by atoms with Gasteiger partial charge in [0, 0.05) is 19.3 Å². The number of rotatable bonds is 4. The summed E-state index contributed by atoms with van der Waals surface area (Å²) >= 11 is 0. The van der Waals surface area contributed by atoms with Crippen LogP contribution in [0.4, 0.5) is 13.2 Å². The number of nitrogens with one attached hydrogen (secondary N) is 1. The van der Waals surface area contributed by atoms with Crippen molar-refractivity contribution in [2.45, 2.75) is 26.4 Å². The number of amides is 1. The van der Waals surface area contributed by atoms with Gasteiger partial charge in [-0.25, -0.2) is 4.98 Å². The Labute approximate surface area is 154 Å². The Kier molecular flexibility index (Phi) is 4.91. The number of benzene rings is 1. The van der Waals surface area contributed by atoms with E-state index in [1.54, 1.807) is 24.7 Å². The average Bonchev–Trinajstić information content (AvgIpc) is 2.88. The van der Waals surface area contributed by atoms with E-state index in [0.29, 0.717) is 41.0 Å². The summed E-state index contributed by atoms with van der Waals surface area (Å²) in [6.07, 6.45) is -3.91. The Bertz CT molecular complexity index is 991. The van der Waals surface area contributed by atoms with Crippen LogP contribution in [-0.4, -0.2) is 27.2 Å². The summed E-state index contributed by atoms with van der Waals surface area (Å²) in [4.78, 5) is 17.0. The van der Waals surface area contributed by atoms with Crippen LogP contribution in [0, 0.1) is 13.8 Å². The predicted octanol–water partition coefficient (Wildman–Crippen LogP) is 3.58. The summed E-state index contributed by atoms with van der Waals surface area (Å²) in [5.74, 6) is -0.256. The summed E-state index contributed by atoms with van der Waals surface area (Å²) in [6, 6.07) is 6.66. The molecule has 0 aliphatic rings. The number of pyridine rings is 1. The van der Waals surface area contributed by atoms with Crippen molar-refractivity contribution in [3.05, 3.63) is 58.4 Å². The van der Waals surface area contributed by atoms with Crippen LogP contribution in [0.15, 0.2) is 30.3 Å². The third kappa shape index (κ3) is 3.94. The number of carbonyl (C=O) groups excluding carboxylic acids is 1. The van der Waals surface area contributed by atoms with Gasteiger partial charge in [-0.3, -0.25) is 9.48 Å². The predicted molar refractivity (Wildman–Crippen MR) is 95.5 cm³/mol. The fraction of sp³-hybridized carbons (Fsp3) is 0.316. The fourth-order valence-electron chi connectivity index (χ4n) is 3.03. The van der Waals surface area contributed by atoms with Crippen molar-refractivity contribution in [1.29, 1.82) is 0 Å². The molecule has 0 aliphatic heterocycles. The first-order valence-corrected chi connectivity index (χ1v) is 8.42. The van der Waals surface area contributed by atoms with Gasteiger partial charge in [-0.05, 0) is 44.0 Å². The van der Waals surface area contributed by atoms with Crippen LogP contribution in [-0.2, 0) is 19.6 Å². The van der Waals surface area contributed by atoms with Crippen LogP contribution < -0.4 is 5.32 Å². The van der Waals surface area contributed by atoms with Crippen molar-refractivity contribution in [2.24, 2.45) is 7.05 Å². The zero-order valence-electron chi connectivity index (χ0n) is 15.2. The topological polar surface area (TPSA) is 59.8 Å². The molecule has 1 aromatic carbocycles. The highest BCUT2D eigenvalue weighted by Gasteiger charge is 2.29. The molecule has 2 heterocycles. The van der Waals surface area contributed by atoms with E-state index < -0.39 is 11.7 Å². The molecule has 0 aliphatic carbocycles.